The van der Waals surface area contributed by atoms with Crippen molar-refractivity contribution in [3.63, 3.8) is 0 Å². The van der Waals surface area contributed by atoms with E-state index in [1.54, 1.807) is 12.5 Å². The van der Waals surface area contributed by atoms with E-state index >= 15 is 0 Å². The van der Waals surface area contributed by atoms with E-state index in [9.17, 15) is 0 Å². The largest absolute Gasteiger partial charge is 0.264 e. The van der Waals surface area contributed by atoms with E-state index in [2.05, 4.69) is 177 Å². The normalized spacial score (nSPS) is 9.70. The molecule has 0 atom stereocenters. The maximum absolute atomic E-state index is 4.27. The van der Waals surface area contributed by atoms with Crippen LogP contribution in [0, 0.1) is 215 Å². The molecule has 0 radical (unpaired) electrons. The smallest absolute Gasteiger partial charge is 0.125 e. The summed E-state index contributed by atoms with van der Waals surface area (Å²) in [5.74, 6) is 0.845. The predicted molar refractivity (Wildman–Crippen MR) is 378 cm³/mol. The Morgan fingerprint density at radius 2 is 0.714 bits per heavy atom. The van der Waals surface area contributed by atoms with Crippen molar-refractivity contribution in [1.82, 2.24) is 75.2 Å². The van der Waals surface area contributed by atoms with Crippen LogP contribution in [0.2, 0.25) is 0 Å². The van der Waals surface area contributed by atoms with Gasteiger partial charge in [-0.2, -0.15) is 20.4 Å². The molecule has 10 heterocycles. The average molecular weight is 1230 g/mol. The van der Waals surface area contributed by atoms with Crippen LogP contribution in [0.3, 0.4) is 0 Å². The second-order valence-corrected chi connectivity index (χ2v) is 23.3. The van der Waals surface area contributed by atoms with E-state index in [0.717, 1.165) is 96.8 Å². The zero-order valence-electron chi connectivity index (χ0n) is 61.3. The average Bonchev–Trinajstić information content (AvgIpc) is 2.93. The monoisotopic (exact) mass is 1230 g/mol. The molecular formula is C76H107N15. The third-order valence-electron chi connectivity index (χ3n) is 15.5. The molecule has 0 aliphatic heterocycles. The molecule has 10 rings (SSSR count). The summed E-state index contributed by atoms with van der Waals surface area (Å²) in [7, 11) is 0. The standard InChI is InChI=1S/C8H12N2.5C8H11N.4C7H10N2/c1-5-6(2)8(4)10-9-7(5)3;1-6-4-9-5-7(2)8(6)3;1-6-4-8(3)9-5-7(6)2;1-6-4-7(2)8(3)9-5-6;1-6-4-5-9-8(3)7(6)2;1-6-4-5-7(2)9-8(6)3;1-5-6(2)8-4-9-7(5)3;1-5-4-8-6(2)7(3)9-5;1-5-4-8-7(3)9-6(5)2;1-5-4-6(2)8-9-7(5)3/h1-4H3;5*4-5H,1-3H3;4*4H,1-3H3. The number of pyridine rings is 5. The summed E-state index contributed by atoms with van der Waals surface area (Å²) in [6.07, 6.45) is 14.6. The van der Waals surface area contributed by atoms with Crippen LogP contribution in [-0.2, 0) is 0 Å². The first kappa shape index (κ1) is 80.2. The molecule has 10 aromatic heterocycles. The lowest BCUT2D eigenvalue weighted by Crippen LogP contribution is -1.97. The Morgan fingerprint density at radius 3 is 1.12 bits per heavy atom. The van der Waals surface area contributed by atoms with Crippen LogP contribution in [-0.4, -0.2) is 75.2 Å². The van der Waals surface area contributed by atoms with Gasteiger partial charge in [0.05, 0.1) is 39.9 Å². The van der Waals surface area contributed by atoms with Gasteiger partial charge < -0.3 is 0 Å². The fraction of sp³-hybridized carbons (Fsp3) is 0.408. The molecule has 0 aliphatic rings. The first-order valence-corrected chi connectivity index (χ1v) is 30.8. The number of nitrogens with zero attached hydrogens (tertiary/aromatic N) is 15. The van der Waals surface area contributed by atoms with Crippen LogP contribution < -0.4 is 0 Å². The van der Waals surface area contributed by atoms with Gasteiger partial charge in [0.1, 0.15) is 12.2 Å². The lowest BCUT2D eigenvalue weighted by Gasteiger charge is -2.03. The number of aromatic nitrogens is 15. The Bertz CT molecular complexity index is 3280. The minimum atomic E-state index is 0.845. The van der Waals surface area contributed by atoms with Crippen LogP contribution in [0.1, 0.15) is 175 Å². The minimum absolute atomic E-state index is 0.845. The molecule has 0 saturated carbocycles. The molecule has 0 spiro atoms. The second-order valence-electron chi connectivity index (χ2n) is 23.3. The highest BCUT2D eigenvalue weighted by Crippen LogP contribution is 2.12. The summed E-state index contributed by atoms with van der Waals surface area (Å²) < 4.78 is 0. The van der Waals surface area contributed by atoms with Gasteiger partial charge in [0.2, 0.25) is 0 Å². The summed E-state index contributed by atoms with van der Waals surface area (Å²) in [5.41, 5.74) is 34.8. The molecule has 0 aliphatic carbocycles. The number of hydrogen-bond donors (Lipinski definition) is 0. The van der Waals surface area contributed by atoms with E-state index in [0.29, 0.717) is 0 Å². The van der Waals surface area contributed by atoms with Crippen LogP contribution in [0.15, 0.2) is 86.1 Å². The molecule has 0 aromatic carbocycles. The molecule has 91 heavy (non-hydrogen) atoms. The first-order valence-electron chi connectivity index (χ1n) is 30.8. The van der Waals surface area contributed by atoms with Gasteiger partial charge in [0, 0.05) is 88.9 Å². The van der Waals surface area contributed by atoms with E-state index < -0.39 is 0 Å². The number of hydrogen-bond acceptors (Lipinski definition) is 15. The van der Waals surface area contributed by atoms with Gasteiger partial charge in [-0.05, 0) is 322 Å². The highest BCUT2D eigenvalue weighted by molar-refractivity contribution is 5.30. The molecule has 0 fully saturated rings. The molecule has 0 saturated heterocycles. The predicted octanol–water partition coefficient (Wildman–Crippen LogP) is 17.4. The van der Waals surface area contributed by atoms with Crippen LogP contribution in [0.25, 0.3) is 0 Å². The Kier molecular flexibility index (Phi) is 35.9. The molecule has 0 amide bonds. The molecule has 0 N–H and O–H groups in total. The zero-order valence-corrected chi connectivity index (χ0v) is 61.3. The first-order chi connectivity index (χ1) is 42.5. The van der Waals surface area contributed by atoms with Crippen molar-refractivity contribution in [2.75, 3.05) is 0 Å². The fourth-order valence-electron chi connectivity index (χ4n) is 7.32. The van der Waals surface area contributed by atoms with Crippen molar-refractivity contribution in [3.8, 4) is 0 Å². The Hall–Kier alpha value is -8.85. The Balaban J connectivity index is 0.000000506. The van der Waals surface area contributed by atoms with E-state index in [4.69, 9.17) is 0 Å². The van der Waals surface area contributed by atoms with Gasteiger partial charge in [0.25, 0.3) is 0 Å². The minimum Gasteiger partial charge on any atom is -0.264 e. The molecule has 0 bridgehead atoms. The second kappa shape index (κ2) is 40.7. The Labute approximate surface area is 548 Å². The lowest BCUT2D eigenvalue weighted by molar-refractivity contribution is 0.905. The van der Waals surface area contributed by atoms with E-state index in [1.165, 1.54) is 77.9 Å². The summed E-state index contributed by atoms with van der Waals surface area (Å²) >= 11 is 0. The van der Waals surface area contributed by atoms with Crippen molar-refractivity contribution in [2.24, 2.45) is 0 Å². The highest BCUT2D eigenvalue weighted by atomic mass is 15.1. The number of rotatable bonds is 0. The van der Waals surface area contributed by atoms with Crippen LogP contribution >= 0.6 is 0 Å². The third-order valence-corrected chi connectivity index (χ3v) is 15.5. The molecule has 10 aromatic rings. The van der Waals surface area contributed by atoms with E-state index in [-0.39, 0.29) is 0 Å². The summed E-state index contributed by atoms with van der Waals surface area (Å²) in [6.45, 7) is 62.8. The van der Waals surface area contributed by atoms with Gasteiger partial charge in [-0.1, -0.05) is 12.1 Å². The molecular weight excluding hydrogens is 1120 g/mol. The van der Waals surface area contributed by atoms with Crippen molar-refractivity contribution in [2.45, 2.75) is 215 Å². The van der Waals surface area contributed by atoms with Crippen molar-refractivity contribution < 1.29 is 0 Å². The van der Waals surface area contributed by atoms with E-state index in [1.807, 2.05) is 187 Å². The SMILES string of the molecule is Cc1cc(C)c(C)cn1.Cc1cc(C)c(C)nn1.Cc1ccc(C)c(C)n1.Cc1ccnc(C)c1C.Cc1cnc(C)c(C)c1.Cc1cnc(C)c(C)n1.Cc1cncc(C)c1C.Cc1ncc(C)c(C)n1.Cc1ncnc(C)c1C.Cc1nnc(C)c(C)c1C. The maximum Gasteiger partial charge on any atom is 0.125 e. The maximum atomic E-state index is 4.27. The molecule has 0 unspecified atom stereocenters. The van der Waals surface area contributed by atoms with Crippen molar-refractivity contribution >= 4 is 0 Å². The van der Waals surface area contributed by atoms with Gasteiger partial charge in [-0.25, -0.2) is 19.9 Å². The topological polar surface area (TPSA) is 193 Å². The molecule has 15 nitrogen and oxygen atoms in total. The zero-order chi connectivity index (χ0) is 69.4. The molecule has 15 heteroatoms. The van der Waals surface area contributed by atoms with Crippen molar-refractivity contribution in [3.05, 3.63) is 261 Å². The quantitative estimate of drug-likeness (QED) is 0.139. The summed E-state index contributed by atoms with van der Waals surface area (Å²) in [4.78, 5) is 45.3. The fourth-order valence-corrected chi connectivity index (χ4v) is 7.32. The van der Waals surface area contributed by atoms with Crippen LogP contribution in [0.4, 0.5) is 0 Å². The van der Waals surface area contributed by atoms with Gasteiger partial charge in [0.15, 0.2) is 0 Å². The highest BCUT2D eigenvalue weighted by Gasteiger charge is 2.02. The summed E-state index contributed by atoms with van der Waals surface area (Å²) in [5, 5.41) is 15.8. The van der Waals surface area contributed by atoms with Gasteiger partial charge >= 0.3 is 0 Å². The number of aryl methyl sites for hydroxylation is 26. The van der Waals surface area contributed by atoms with Gasteiger partial charge in [-0.3, -0.25) is 34.9 Å². The van der Waals surface area contributed by atoms with Crippen LogP contribution in [0.5, 0.6) is 0 Å². The lowest BCUT2D eigenvalue weighted by atomic mass is 10.1. The Morgan fingerprint density at radius 1 is 0.220 bits per heavy atom. The van der Waals surface area contributed by atoms with Gasteiger partial charge in [-0.15, -0.1) is 0 Å². The third kappa shape index (κ3) is 31.0. The molecule has 486 valence electrons. The summed E-state index contributed by atoms with van der Waals surface area (Å²) in [6, 6.07) is 12.4. The van der Waals surface area contributed by atoms with Crippen molar-refractivity contribution in [1.29, 1.82) is 0 Å².